The monoisotopic (exact) mass is 367 g/mol. The van der Waals surface area contributed by atoms with Crippen molar-refractivity contribution in [2.45, 2.75) is 17.2 Å². The number of likely N-dealkylation sites (tertiary alicyclic amines) is 1. The van der Waals surface area contributed by atoms with Crippen molar-refractivity contribution in [1.29, 1.82) is 0 Å². The van der Waals surface area contributed by atoms with Crippen molar-refractivity contribution in [2.24, 2.45) is 0 Å². The van der Waals surface area contributed by atoms with Gasteiger partial charge in [-0.05, 0) is 24.3 Å². The standard InChI is InChI=1S/C12H12BrF2NO3S/c13-9-1-3-10(4-2-9)20(18,19)7-11(17)16-6-5-12(14,15)8-16/h1-4H,5-8H2. The molecule has 1 saturated heterocycles. The van der Waals surface area contributed by atoms with E-state index in [9.17, 15) is 22.0 Å². The molecule has 8 heteroatoms. The van der Waals surface area contributed by atoms with Crippen LogP contribution in [0.2, 0.25) is 0 Å². The van der Waals surface area contributed by atoms with Crippen LogP contribution in [0.25, 0.3) is 0 Å². The number of hydrogen-bond donors (Lipinski definition) is 0. The van der Waals surface area contributed by atoms with Crippen LogP contribution >= 0.6 is 15.9 Å². The van der Waals surface area contributed by atoms with Crippen LogP contribution in [-0.4, -0.2) is 44.0 Å². The number of sulfone groups is 1. The van der Waals surface area contributed by atoms with Gasteiger partial charge in [0.1, 0.15) is 5.75 Å². The van der Waals surface area contributed by atoms with Crippen LogP contribution < -0.4 is 0 Å². The fourth-order valence-corrected chi connectivity index (χ4v) is 3.42. The van der Waals surface area contributed by atoms with Crippen molar-refractivity contribution in [3.05, 3.63) is 28.7 Å². The maximum atomic E-state index is 13.0. The van der Waals surface area contributed by atoms with Crippen molar-refractivity contribution >= 4 is 31.7 Å². The molecular weight excluding hydrogens is 356 g/mol. The van der Waals surface area contributed by atoms with E-state index in [1.807, 2.05) is 0 Å². The predicted octanol–water partition coefficient (Wildman–Crippen LogP) is 2.09. The molecule has 0 radical (unpaired) electrons. The molecule has 1 amide bonds. The maximum absolute atomic E-state index is 13.0. The van der Waals surface area contributed by atoms with Crippen LogP contribution in [0, 0.1) is 0 Å². The average molecular weight is 368 g/mol. The van der Waals surface area contributed by atoms with Crippen molar-refractivity contribution < 1.29 is 22.0 Å². The minimum absolute atomic E-state index is 0.00000661. The maximum Gasteiger partial charge on any atom is 0.267 e. The zero-order valence-electron chi connectivity index (χ0n) is 10.4. The molecule has 1 aromatic carbocycles. The van der Waals surface area contributed by atoms with E-state index in [2.05, 4.69) is 15.9 Å². The summed E-state index contributed by atoms with van der Waals surface area (Å²) in [6.45, 7) is -0.816. The molecule has 0 N–H and O–H groups in total. The van der Waals surface area contributed by atoms with Gasteiger partial charge in [-0.2, -0.15) is 0 Å². The average Bonchev–Trinajstić information content (AvgIpc) is 2.70. The summed E-state index contributed by atoms with van der Waals surface area (Å²) in [6, 6.07) is 5.82. The van der Waals surface area contributed by atoms with E-state index in [-0.39, 0.29) is 11.4 Å². The van der Waals surface area contributed by atoms with E-state index in [1.54, 1.807) is 12.1 Å². The third-order valence-corrected chi connectivity index (χ3v) is 5.15. The molecule has 110 valence electrons. The van der Waals surface area contributed by atoms with Gasteiger partial charge in [0.15, 0.2) is 9.84 Å². The summed E-state index contributed by atoms with van der Waals surface area (Å²) in [5.74, 6) is -4.49. The molecule has 0 spiro atoms. The van der Waals surface area contributed by atoms with Crippen LogP contribution in [-0.2, 0) is 14.6 Å². The predicted molar refractivity (Wildman–Crippen MR) is 72.3 cm³/mol. The number of rotatable bonds is 3. The third kappa shape index (κ3) is 3.54. The fraction of sp³-hybridized carbons (Fsp3) is 0.417. The Hall–Kier alpha value is -1.02. The SMILES string of the molecule is O=C(CS(=O)(=O)c1ccc(Br)cc1)N1CCC(F)(F)C1. The summed E-state index contributed by atoms with van der Waals surface area (Å²) in [6.07, 6.45) is -0.420. The Morgan fingerprint density at radius 1 is 1.30 bits per heavy atom. The first-order chi connectivity index (χ1) is 9.20. The molecular formula is C12H12BrF2NO3S. The van der Waals surface area contributed by atoms with Gasteiger partial charge in [0.2, 0.25) is 5.91 Å². The molecule has 1 aliphatic heterocycles. The number of alkyl halides is 2. The number of amides is 1. The number of carbonyl (C=O) groups is 1. The molecule has 0 aromatic heterocycles. The second-order valence-electron chi connectivity index (χ2n) is 4.63. The second-order valence-corrected chi connectivity index (χ2v) is 7.54. The molecule has 1 fully saturated rings. The highest BCUT2D eigenvalue weighted by Crippen LogP contribution is 2.27. The van der Waals surface area contributed by atoms with Crippen LogP contribution in [0.3, 0.4) is 0 Å². The summed E-state index contributed by atoms with van der Waals surface area (Å²) < 4.78 is 50.8. The Balaban J connectivity index is 2.09. The summed E-state index contributed by atoms with van der Waals surface area (Å²) in [4.78, 5) is 12.7. The highest BCUT2D eigenvalue weighted by atomic mass is 79.9. The molecule has 0 atom stereocenters. The van der Waals surface area contributed by atoms with Gasteiger partial charge in [0.25, 0.3) is 5.92 Å². The normalized spacial score (nSPS) is 18.2. The lowest BCUT2D eigenvalue weighted by Gasteiger charge is -2.16. The van der Waals surface area contributed by atoms with Crippen LogP contribution in [0.4, 0.5) is 8.78 Å². The minimum atomic E-state index is -3.81. The van der Waals surface area contributed by atoms with Crippen LogP contribution in [0.5, 0.6) is 0 Å². The number of hydrogen-bond acceptors (Lipinski definition) is 3. The van der Waals surface area contributed by atoms with Gasteiger partial charge in [-0.3, -0.25) is 4.79 Å². The van der Waals surface area contributed by atoms with Gasteiger partial charge < -0.3 is 4.90 Å². The first-order valence-corrected chi connectivity index (χ1v) is 8.28. The minimum Gasteiger partial charge on any atom is -0.336 e. The highest BCUT2D eigenvalue weighted by molar-refractivity contribution is 9.10. The number of halogens is 3. The van der Waals surface area contributed by atoms with E-state index in [4.69, 9.17) is 0 Å². The third-order valence-electron chi connectivity index (χ3n) is 3.01. The van der Waals surface area contributed by atoms with Gasteiger partial charge in [0, 0.05) is 17.4 Å². The Labute approximate surface area is 123 Å². The van der Waals surface area contributed by atoms with E-state index in [0.29, 0.717) is 4.47 Å². The molecule has 1 aliphatic rings. The topological polar surface area (TPSA) is 54.5 Å². The van der Waals surface area contributed by atoms with Crippen molar-refractivity contribution in [1.82, 2.24) is 4.90 Å². The molecule has 1 aromatic rings. The van der Waals surface area contributed by atoms with E-state index >= 15 is 0 Å². The van der Waals surface area contributed by atoms with Crippen LogP contribution in [0.15, 0.2) is 33.6 Å². The lowest BCUT2D eigenvalue weighted by atomic mass is 10.3. The highest BCUT2D eigenvalue weighted by Gasteiger charge is 2.41. The molecule has 1 heterocycles. The Morgan fingerprint density at radius 3 is 2.40 bits per heavy atom. The van der Waals surface area contributed by atoms with Crippen molar-refractivity contribution in [3.8, 4) is 0 Å². The molecule has 0 unspecified atom stereocenters. The van der Waals surface area contributed by atoms with Crippen molar-refractivity contribution in [3.63, 3.8) is 0 Å². The smallest absolute Gasteiger partial charge is 0.267 e. The van der Waals surface area contributed by atoms with E-state index in [1.165, 1.54) is 12.1 Å². The van der Waals surface area contributed by atoms with E-state index < -0.39 is 40.4 Å². The molecule has 2 rings (SSSR count). The number of nitrogens with zero attached hydrogens (tertiary/aromatic N) is 1. The Bertz CT molecular complexity index is 616. The van der Waals surface area contributed by atoms with Gasteiger partial charge in [0.05, 0.1) is 11.4 Å². The van der Waals surface area contributed by atoms with Crippen molar-refractivity contribution in [2.75, 3.05) is 18.8 Å². The summed E-state index contributed by atoms with van der Waals surface area (Å²) in [5, 5.41) is 0. The lowest BCUT2D eigenvalue weighted by Crippen LogP contribution is -2.35. The Kier molecular flexibility index (Phi) is 4.15. The number of carbonyl (C=O) groups excluding carboxylic acids is 1. The molecule has 20 heavy (non-hydrogen) atoms. The summed E-state index contributed by atoms with van der Waals surface area (Å²) >= 11 is 3.18. The zero-order valence-corrected chi connectivity index (χ0v) is 12.8. The zero-order chi connectivity index (χ0) is 15.0. The molecule has 0 aliphatic carbocycles. The quantitative estimate of drug-likeness (QED) is 0.821. The lowest BCUT2D eigenvalue weighted by molar-refractivity contribution is -0.128. The summed E-state index contributed by atoms with van der Waals surface area (Å²) in [7, 11) is -3.81. The van der Waals surface area contributed by atoms with Gasteiger partial charge in [-0.1, -0.05) is 15.9 Å². The fourth-order valence-electron chi connectivity index (χ4n) is 1.93. The summed E-state index contributed by atoms with van der Waals surface area (Å²) in [5.41, 5.74) is 0. The van der Waals surface area contributed by atoms with Gasteiger partial charge >= 0.3 is 0 Å². The van der Waals surface area contributed by atoms with Gasteiger partial charge in [-0.25, -0.2) is 17.2 Å². The molecule has 0 saturated carbocycles. The second kappa shape index (κ2) is 5.40. The molecule has 4 nitrogen and oxygen atoms in total. The van der Waals surface area contributed by atoms with Crippen LogP contribution in [0.1, 0.15) is 6.42 Å². The first kappa shape index (κ1) is 15.4. The Morgan fingerprint density at radius 2 is 1.90 bits per heavy atom. The first-order valence-electron chi connectivity index (χ1n) is 5.84. The number of benzene rings is 1. The van der Waals surface area contributed by atoms with E-state index in [0.717, 1.165) is 4.90 Å². The van der Waals surface area contributed by atoms with Gasteiger partial charge in [-0.15, -0.1) is 0 Å². The largest absolute Gasteiger partial charge is 0.336 e. The molecule has 0 bridgehead atoms.